The van der Waals surface area contributed by atoms with Gasteiger partial charge in [-0.3, -0.25) is 4.79 Å². The molecule has 3 aromatic rings. The molecule has 9 heteroatoms. The molecule has 0 saturated carbocycles. The summed E-state index contributed by atoms with van der Waals surface area (Å²) in [7, 11) is 1.58. The standard InChI is InChI=1S/C17H12Cl3N3O3/c1-25-11-4-2-9(3-5-11)17-21-14(23-26-17)8-15(24)22-16-12(19)6-10(18)7-13(16)20/h2-7H,8H2,1H3,(H,22,24). The fourth-order valence-corrected chi connectivity index (χ4v) is 3.08. The molecule has 1 heterocycles. The summed E-state index contributed by atoms with van der Waals surface area (Å²) in [5.41, 5.74) is 0.996. The van der Waals surface area contributed by atoms with Crippen LogP contribution < -0.4 is 10.1 Å². The van der Waals surface area contributed by atoms with E-state index in [-0.39, 0.29) is 28.0 Å². The van der Waals surface area contributed by atoms with Crippen LogP contribution in [0.15, 0.2) is 40.9 Å². The van der Waals surface area contributed by atoms with Gasteiger partial charge in [0.15, 0.2) is 5.82 Å². The minimum absolute atomic E-state index is 0.102. The van der Waals surface area contributed by atoms with Gasteiger partial charge in [-0.2, -0.15) is 4.98 Å². The molecular weight excluding hydrogens is 401 g/mol. The number of ether oxygens (including phenoxy) is 1. The highest BCUT2D eigenvalue weighted by Crippen LogP contribution is 2.33. The molecule has 6 nitrogen and oxygen atoms in total. The van der Waals surface area contributed by atoms with Gasteiger partial charge in [-0.05, 0) is 36.4 Å². The number of halogens is 3. The number of amides is 1. The van der Waals surface area contributed by atoms with E-state index < -0.39 is 5.91 Å². The minimum Gasteiger partial charge on any atom is -0.497 e. The largest absolute Gasteiger partial charge is 0.497 e. The van der Waals surface area contributed by atoms with Crippen molar-refractivity contribution in [3.8, 4) is 17.2 Å². The molecule has 1 amide bonds. The lowest BCUT2D eigenvalue weighted by Crippen LogP contribution is -2.15. The van der Waals surface area contributed by atoms with E-state index in [1.165, 1.54) is 12.1 Å². The Hall–Kier alpha value is -2.28. The summed E-state index contributed by atoms with van der Waals surface area (Å²) < 4.78 is 10.3. The van der Waals surface area contributed by atoms with Gasteiger partial charge < -0.3 is 14.6 Å². The SMILES string of the molecule is COc1ccc(-c2nc(CC(=O)Nc3c(Cl)cc(Cl)cc3Cl)no2)cc1. The number of aromatic nitrogens is 2. The van der Waals surface area contributed by atoms with Gasteiger partial charge in [-0.15, -0.1) is 0 Å². The minimum atomic E-state index is -0.391. The van der Waals surface area contributed by atoms with Crippen LogP contribution in [0.5, 0.6) is 5.75 Å². The third-order valence-electron chi connectivity index (χ3n) is 3.40. The topological polar surface area (TPSA) is 77.2 Å². The number of benzene rings is 2. The van der Waals surface area contributed by atoms with Crippen LogP contribution in [-0.4, -0.2) is 23.2 Å². The molecule has 1 aromatic heterocycles. The van der Waals surface area contributed by atoms with Gasteiger partial charge in [0.2, 0.25) is 5.91 Å². The molecule has 0 fully saturated rings. The number of methoxy groups -OCH3 is 1. The predicted octanol–water partition coefficient (Wildman–Crippen LogP) is 4.89. The summed E-state index contributed by atoms with van der Waals surface area (Å²) in [5, 5.41) is 7.28. The first-order valence-electron chi connectivity index (χ1n) is 7.37. The van der Waals surface area contributed by atoms with E-state index in [1.807, 2.05) is 0 Å². The van der Waals surface area contributed by atoms with Gasteiger partial charge in [0.1, 0.15) is 5.75 Å². The number of anilines is 1. The maximum absolute atomic E-state index is 12.2. The molecule has 0 bridgehead atoms. The van der Waals surface area contributed by atoms with Crippen molar-refractivity contribution in [3.63, 3.8) is 0 Å². The number of hydrogen-bond acceptors (Lipinski definition) is 5. The molecule has 0 spiro atoms. The summed E-state index contributed by atoms with van der Waals surface area (Å²) in [6, 6.07) is 10.1. The van der Waals surface area contributed by atoms with E-state index in [0.717, 1.165) is 0 Å². The number of nitrogens with zero attached hydrogens (tertiary/aromatic N) is 2. The predicted molar refractivity (Wildman–Crippen MR) is 100 cm³/mol. The summed E-state index contributed by atoms with van der Waals surface area (Å²) in [5.74, 6) is 0.857. The molecule has 134 valence electrons. The molecule has 0 atom stereocenters. The van der Waals surface area contributed by atoms with Crippen molar-refractivity contribution in [2.24, 2.45) is 0 Å². The average Bonchev–Trinajstić information content (AvgIpc) is 3.06. The van der Waals surface area contributed by atoms with Gasteiger partial charge in [0.05, 0.1) is 29.3 Å². The Labute approximate surface area is 164 Å². The van der Waals surface area contributed by atoms with Crippen molar-refractivity contribution >= 4 is 46.4 Å². The number of rotatable bonds is 5. The second-order valence-corrected chi connectivity index (χ2v) is 6.46. The van der Waals surface area contributed by atoms with Crippen LogP contribution >= 0.6 is 34.8 Å². The summed E-state index contributed by atoms with van der Waals surface area (Å²) in [4.78, 5) is 16.4. The van der Waals surface area contributed by atoms with E-state index in [2.05, 4.69) is 15.5 Å². The number of nitrogens with one attached hydrogen (secondary N) is 1. The van der Waals surface area contributed by atoms with Gasteiger partial charge in [-0.25, -0.2) is 0 Å². The summed E-state index contributed by atoms with van der Waals surface area (Å²) >= 11 is 17.9. The first kappa shape index (κ1) is 18.5. The number of carbonyl (C=O) groups excluding carboxylic acids is 1. The molecule has 1 N–H and O–H groups in total. The van der Waals surface area contributed by atoms with Crippen molar-refractivity contribution in [2.75, 3.05) is 12.4 Å². The van der Waals surface area contributed by atoms with E-state index in [9.17, 15) is 4.79 Å². The maximum Gasteiger partial charge on any atom is 0.257 e. The highest BCUT2D eigenvalue weighted by Gasteiger charge is 2.15. The van der Waals surface area contributed by atoms with Crippen LogP contribution in [0.2, 0.25) is 15.1 Å². The second kappa shape index (κ2) is 7.95. The second-order valence-electron chi connectivity index (χ2n) is 5.21. The molecular formula is C17H12Cl3N3O3. The normalized spacial score (nSPS) is 10.6. The van der Waals surface area contributed by atoms with Crippen molar-refractivity contribution in [1.82, 2.24) is 10.1 Å². The van der Waals surface area contributed by atoms with Crippen LogP contribution in [0.1, 0.15) is 5.82 Å². The molecule has 0 aliphatic heterocycles. The Morgan fingerprint density at radius 2 is 1.81 bits per heavy atom. The van der Waals surface area contributed by atoms with E-state index in [4.69, 9.17) is 44.1 Å². The zero-order valence-electron chi connectivity index (χ0n) is 13.4. The first-order valence-corrected chi connectivity index (χ1v) is 8.51. The fourth-order valence-electron chi connectivity index (χ4n) is 2.17. The average molecular weight is 413 g/mol. The summed E-state index contributed by atoms with van der Waals surface area (Å²) in [6.07, 6.45) is -0.102. The molecule has 0 radical (unpaired) electrons. The van der Waals surface area contributed by atoms with Gasteiger partial charge in [0, 0.05) is 10.6 Å². The third-order valence-corrected chi connectivity index (χ3v) is 4.21. The van der Waals surface area contributed by atoms with E-state index in [1.54, 1.807) is 31.4 Å². The van der Waals surface area contributed by atoms with Crippen molar-refractivity contribution < 1.29 is 14.1 Å². The molecule has 3 rings (SSSR count). The Bertz CT molecular complexity index is 919. The van der Waals surface area contributed by atoms with E-state index >= 15 is 0 Å². The maximum atomic E-state index is 12.2. The highest BCUT2D eigenvalue weighted by atomic mass is 35.5. The monoisotopic (exact) mass is 411 g/mol. The first-order chi connectivity index (χ1) is 12.5. The quantitative estimate of drug-likeness (QED) is 0.646. The van der Waals surface area contributed by atoms with Crippen molar-refractivity contribution in [3.05, 3.63) is 57.3 Å². The lowest BCUT2D eigenvalue weighted by atomic mass is 10.2. The zero-order chi connectivity index (χ0) is 18.7. The third kappa shape index (κ3) is 4.27. The zero-order valence-corrected chi connectivity index (χ0v) is 15.7. The fraction of sp³-hybridized carbons (Fsp3) is 0.118. The van der Waals surface area contributed by atoms with Gasteiger partial charge in [0.25, 0.3) is 5.89 Å². The van der Waals surface area contributed by atoms with E-state index in [0.29, 0.717) is 22.2 Å². The molecule has 26 heavy (non-hydrogen) atoms. The molecule has 0 unspecified atom stereocenters. The highest BCUT2D eigenvalue weighted by molar-refractivity contribution is 6.42. The number of carbonyl (C=O) groups is 1. The van der Waals surface area contributed by atoms with Crippen LogP contribution in [-0.2, 0) is 11.2 Å². The molecule has 2 aromatic carbocycles. The Balaban J connectivity index is 1.70. The lowest BCUT2D eigenvalue weighted by molar-refractivity contribution is -0.115. The smallest absolute Gasteiger partial charge is 0.257 e. The molecule has 0 aliphatic rings. The molecule has 0 aliphatic carbocycles. The van der Waals surface area contributed by atoms with Gasteiger partial charge >= 0.3 is 0 Å². The Morgan fingerprint density at radius 1 is 1.15 bits per heavy atom. The van der Waals surface area contributed by atoms with Crippen molar-refractivity contribution in [2.45, 2.75) is 6.42 Å². The van der Waals surface area contributed by atoms with Crippen LogP contribution in [0.3, 0.4) is 0 Å². The lowest BCUT2D eigenvalue weighted by Gasteiger charge is -2.08. The number of hydrogen-bond donors (Lipinski definition) is 1. The van der Waals surface area contributed by atoms with Crippen molar-refractivity contribution in [1.29, 1.82) is 0 Å². The van der Waals surface area contributed by atoms with Crippen LogP contribution in [0, 0.1) is 0 Å². The summed E-state index contributed by atoms with van der Waals surface area (Å²) in [6.45, 7) is 0. The van der Waals surface area contributed by atoms with Crippen LogP contribution in [0.4, 0.5) is 5.69 Å². The Kier molecular flexibility index (Phi) is 5.66. The van der Waals surface area contributed by atoms with Crippen LogP contribution in [0.25, 0.3) is 11.5 Å². The molecule has 0 saturated heterocycles. The Morgan fingerprint density at radius 3 is 2.42 bits per heavy atom. The van der Waals surface area contributed by atoms with Gasteiger partial charge in [-0.1, -0.05) is 40.0 Å².